The lowest BCUT2D eigenvalue weighted by Crippen LogP contribution is -2.39. The SMILES string of the molecule is COc1ccc(OC)c(N2CC(C(=O)NCCCCN3CC(C)CC(C)C3)CC2=O)c1. The molecule has 2 heterocycles. The highest BCUT2D eigenvalue weighted by molar-refractivity contribution is 6.01. The summed E-state index contributed by atoms with van der Waals surface area (Å²) in [6.07, 6.45) is 3.58. The molecule has 2 fully saturated rings. The maximum Gasteiger partial charge on any atom is 0.227 e. The molecular formula is C24H37N3O4. The molecule has 0 aliphatic carbocycles. The van der Waals surface area contributed by atoms with Gasteiger partial charge in [-0.15, -0.1) is 0 Å². The summed E-state index contributed by atoms with van der Waals surface area (Å²) in [4.78, 5) is 29.4. The lowest BCUT2D eigenvalue weighted by atomic mass is 9.92. The van der Waals surface area contributed by atoms with Gasteiger partial charge in [0.25, 0.3) is 0 Å². The Hall–Kier alpha value is -2.28. The van der Waals surface area contributed by atoms with Gasteiger partial charge >= 0.3 is 0 Å². The van der Waals surface area contributed by atoms with Crippen LogP contribution in [-0.2, 0) is 9.59 Å². The Morgan fingerprint density at radius 1 is 1.10 bits per heavy atom. The Labute approximate surface area is 186 Å². The van der Waals surface area contributed by atoms with Crippen LogP contribution in [0.5, 0.6) is 11.5 Å². The highest BCUT2D eigenvalue weighted by Crippen LogP contribution is 2.36. The van der Waals surface area contributed by atoms with Crippen LogP contribution in [0.15, 0.2) is 18.2 Å². The maximum absolute atomic E-state index is 12.6. The number of unbranched alkanes of at least 4 members (excludes halogenated alkanes) is 1. The van der Waals surface area contributed by atoms with Gasteiger partial charge in [-0.25, -0.2) is 0 Å². The summed E-state index contributed by atoms with van der Waals surface area (Å²) in [6, 6.07) is 5.34. The molecule has 0 bridgehead atoms. The van der Waals surface area contributed by atoms with Gasteiger partial charge in [-0.3, -0.25) is 9.59 Å². The minimum Gasteiger partial charge on any atom is -0.497 e. The molecule has 2 amide bonds. The van der Waals surface area contributed by atoms with Gasteiger partial charge in [-0.2, -0.15) is 0 Å². The molecule has 0 saturated carbocycles. The first-order valence-electron chi connectivity index (χ1n) is 11.4. The van der Waals surface area contributed by atoms with Gasteiger partial charge in [0.05, 0.1) is 25.8 Å². The Kier molecular flexibility index (Phi) is 8.18. The van der Waals surface area contributed by atoms with Crippen LogP contribution < -0.4 is 19.7 Å². The Morgan fingerprint density at radius 2 is 1.84 bits per heavy atom. The van der Waals surface area contributed by atoms with Gasteiger partial charge in [0.15, 0.2) is 0 Å². The molecule has 1 N–H and O–H groups in total. The number of piperidine rings is 1. The van der Waals surface area contributed by atoms with Crippen molar-refractivity contribution < 1.29 is 19.1 Å². The van der Waals surface area contributed by atoms with Gasteiger partial charge in [0.1, 0.15) is 11.5 Å². The second kappa shape index (κ2) is 10.8. The number of hydrogen-bond donors (Lipinski definition) is 1. The van der Waals surface area contributed by atoms with Crippen LogP contribution in [0, 0.1) is 17.8 Å². The molecule has 0 radical (unpaired) electrons. The van der Waals surface area contributed by atoms with Gasteiger partial charge in [-0.1, -0.05) is 13.8 Å². The zero-order valence-electron chi connectivity index (χ0n) is 19.4. The van der Waals surface area contributed by atoms with E-state index < -0.39 is 0 Å². The molecule has 2 saturated heterocycles. The van der Waals surface area contributed by atoms with Crippen LogP contribution in [0.4, 0.5) is 5.69 Å². The molecule has 3 atom stereocenters. The van der Waals surface area contributed by atoms with E-state index in [-0.39, 0.29) is 24.2 Å². The lowest BCUT2D eigenvalue weighted by Gasteiger charge is -2.34. The van der Waals surface area contributed by atoms with E-state index in [4.69, 9.17) is 9.47 Å². The first-order chi connectivity index (χ1) is 14.9. The molecule has 1 aromatic carbocycles. The van der Waals surface area contributed by atoms with E-state index in [0.717, 1.165) is 31.2 Å². The van der Waals surface area contributed by atoms with Crippen LogP contribution in [0.25, 0.3) is 0 Å². The number of amides is 2. The molecule has 31 heavy (non-hydrogen) atoms. The number of methoxy groups -OCH3 is 2. The summed E-state index contributed by atoms with van der Waals surface area (Å²) in [5, 5.41) is 3.03. The van der Waals surface area contributed by atoms with Crippen molar-refractivity contribution >= 4 is 17.5 Å². The Bertz CT molecular complexity index is 759. The van der Waals surface area contributed by atoms with Crippen molar-refractivity contribution in [2.75, 3.05) is 51.8 Å². The van der Waals surface area contributed by atoms with Gasteiger partial charge in [0, 0.05) is 38.7 Å². The van der Waals surface area contributed by atoms with E-state index in [1.807, 2.05) is 0 Å². The average molecular weight is 432 g/mol. The van der Waals surface area contributed by atoms with Crippen molar-refractivity contribution in [2.24, 2.45) is 17.8 Å². The fraction of sp³-hybridized carbons (Fsp3) is 0.667. The summed E-state index contributed by atoms with van der Waals surface area (Å²) >= 11 is 0. The fourth-order valence-corrected chi connectivity index (χ4v) is 4.91. The van der Waals surface area contributed by atoms with E-state index >= 15 is 0 Å². The molecule has 3 rings (SSSR count). The van der Waals surface area contributed by atoms with Gasteiger partial charge < -0.3 is 24.6 Å². The summed E-state index contributed by atoms with van der Waals surface area (Å²) in [5.41, 5.74) is 0.645. The minimum atomic E-state index is -0.341. The molecule has 1 aromatic rings. The highest BCUT2D eigenvalue weighted by atomic mass is 16.5. The molecule has 3 unspecified atom stereocenters. The lowest BCUT2D eigenvalue weighted by molar-refractivity contribution is -0.126. The van der Waals surface area contributed by atoms with E-state index in [1.54, 1.807) is 37.3 Å². The number of rotatable bonds is 9. The van der Waals surface area contributed by atoms with Gasteiger partial charge in [-0.05, 0) is 49.8 Å². The quantitative estimate of drug-likeness (QED) is 0.609. The molecule has 2 aliphatic heterocycles. The third kappa shape index (κ3) is 6.12. The summed E-state index contributed by atoms with van der Waals surface area (Å²) in [7, 11) is 3.15. The van der Waals surface area contributed by atoms with Crippen molar-refractivity contribution in [2.45, 2.75) is 39.5 Å². The normalized spacial score (nSPS) is 24.3. The molecular weight excluding hydrogens is 394 g/mol. The Morgan fingerprint density at radius 3 is 2.52 bits per heavy atom. The predicted molar refractivity (Wildman–Crippen MR) is 122 cm³/mol. The first kappa shape index (κ1) is 23.4. The van der Waals surface area contributed by atoms with Crippen LogP contribution >= 0.6 is 0 Å². The van der Waals surface area contributed by atoms with Crippen LogP contribution in [0.3, 0.4) is 0 Å². The number of likely N-dealkylation sites (tertiary alicyclic amines) is 1. The molecule has 2 aliphatic rings. The standard InChI is InChI=1S/C24H37N3O4/c1-17-11-18(2)15-26(14-17)10-6-5-9-25-24(29)19-12-23(28)27(16-19)21-13-20(30-3)7-8-22(21)31-4/h7-8,13,17-19H,5-6,9-12,14-16H2,1-4H3,(H,25,29). The van der Waals surface area contributed by atoms with Crippen molar-refractivity contribution in [1.82, 2.24) is 10.2 Å². The van der Waals surface area contributed by atoms with E-state index in [9.17, 15) is 9.59 Å². The number of nitrogens with one attached hydrogen (secondary N) is 1. The van der Waals surface area contributed by atoms with Crippen LogP contribution in [0.1, 0.15) is 39.5 Å². The second-order valence-electron chi connectivity index (χ2n) is 9.15. The smallest absolute Gasteiger partial charge is 0.227 e. The number of carbonyl (C=O) groups excluding carboxylic acids is 2. The first-order valence-corrected chi connectivity index (χ1v) is 11.4. The number of nitrogens with zero attached hydrogens (tertiary/aromatic N) is 2. The molecule has 0 spiro atoms. The van der Waals surface area contributed by atoms with Crippen LogP contribution in [-0.4, -0.2) is 63.7 Å². The number of ether oxygens (including phenoxy) is 2. The van der Waals surface area contributed by atoms with Crippen molar-refractivity contribution in [3.8, 4) is 11.5 Å². The monoisotopic (exact) mass is 431 g/mol. The van der Waals surface area contributed by atoms with Crippen molar-refractivity contribution in [1.29, 1.82) is 0 Å². The van der Waals surface area contributed by atoms with E-state index in [0.29, 0.717) is 30.3 Å². The molecule has 7 nitrogen and oxygen atoms in total. The molecule has 7 heteroatoms. The summed E-state index contributed by atoms with van der Waals surface area (Å²) in [6.45, 7) is 9.14. The number of benzene rings is 1. The highest BCUT2D eigenvalue weighted by Gasteiger charge is 2.36. The van der Waals surface area contributed by atoms with Crippen LogP contribution in [0.2, 0.25) is 0 Å². The van der Waals surface area contributed by atoms with Crippen molar-refractivity contribution in [3.05, 3.63) is 18.2 Å². The van der Waals surface area contributed by atoms with E-state index in [1.165, 1.54) is 19.5 Å². The maximum atomic E-state index is 12.6. The predicted octanol–water partition coefficient (Wildman–Crippen LogP) is 2.93. The Balaban J connectivity index is 1.44. The average Bonchev–Trinajstić information content (AvgIpc) is 3.13. The topological polar surface area (TPSA) is 71.1 Å². The number of carbonyl (C=O) groups is 2. The fourth-order valence-electron chi connectivity index (χ4n) is 4.91. The zero-order chi connectivity index (χ0) is 22.4. The third-order valence-electron chi connectivity index (χ3n) is 6.32. The second-order valence-corrected chi connectivity index (χ2v) is 9.15. The van der Waals surface area contributed by atoms with Gasteiger partial charge in [0.2, 0.25) is 11.8 Å². The minimum absolute atomic E-state index is 0.0436. The largest absolute Gasteiger partial charge is 0.497 e. The summed E-state index contributed by atoms with van der Waals surface area (Å²) in [5.74, 6) is 2.33. The van der Waals surface area contributed by atoms with E-state index in [2.05, 4.69) is 24.1 Å². The molecule has 0 aromatic heterocycles. The molecule has 172 valence electrons. The number of anilines is 1. The third-order valence-corrected chi connectivity index (χ3v) is 6.32. The zero-order valence-corrected chi connectivity index (χ0v) is 19.4. The number of hydrogen-bond acceptors (Lipinski definition) is 5. The van der Waals surface area contributed by atoms with Crippen molar-refractivity contribution in [3.63, 3.8) is 0 Å². The summed E-state index contributed by atoms with van der Waals surface area (Å²) < 4.78 is 10.7.